The van der Waals surface area contributed by atoms with Gasteiger partial charge in [0.25, 0.3) is 5.91 Å². The largest absolute Gasteiger partial charge is 0.372 e. The van der Waals surface area contributed by atoms with Crippen LogP contribution in [0.3, 0.4) is 0 Å². The molecule has 1 unspecified atom stereocenters. The Kier molecular flexibility index (Phi) is 5.80. The number of rotatable bonds is 7. The van der Waals surface area contributed by atoms with E-state index in [1.165, 1.54) is 11.3 Å². The Balaban J connectivity index is 1.62. The van der Waals surface area contributed by atoms with Crippen molar-refractivity contribution in [3.63, 3.8) is 0 Å². The number of carbonyl (C=O) groups is 1. The molecular formula is C19H22N4O2S. The van der Waals surface area contributed by atoms with E-state index in [0.717, 1.165) is 27.5 Å². The van der Waals surface area contributed by atoms with Crippen molar-refractivity contribution in [1.29, 1.82) is 0 Å². The molecule has 26 heavy (non-hydrogen) atoms. The number of nitrogens with zero attached hydrogens (tertiary/aromatic N) is 2. The average molecular weight is 370 g/mol. The third kappa shape index (κ3) is 4.17. The standard InChI is InChI=1S/C19H22N4O2S/c1-4-25-13(3)19-22-12(2)17(26-19)18(24)20-11-14-5-7-15(8-6-14)16-9-10-21-23-16/h5-10,13H,4,11H2,1-3H3,(H,20,24)(H,21,23). The molecule has 0 bridgehead atoms. The SMILES string of the molecule is CCOC(C)c1nc(C)c(C(=O)NCc2ccc(-c3ccn[nH]3)cc2)s1. The van der Waals surface area contributed by atoms with E-state index in [9.17, 15) is 4.79 Å². The van der Waals surface area contributed by atoms with Crippen LogP contribution in [0.1, 0.15) is 45.9 Å². The first kappa shape index (κ1) is 18.3. The Hall–Kier alpha value is -2.51. The Bertz CT molecular complexity index is 856. The molecule has 1 amide bonds. The number of ether oxygens (including phenoxy) is 1. The Morgan fingerprint density at radius 2 is 2.08 bits per heavy atom. The van der Waals surface area contributed by atoms with E-state index < -0.39 is 0 Å². The molecule has 0 fully saturated rings. The lowest BCUT2D eigenvalue weighted by molar-refractivity contribution is 0.0761. The van der Waals surface area contributed by atoms with Crippen LogP contribution in [0, 0.1) is 6.92 Å². The van der Waals surface area contributed by atoms with Gasteiger partial charge in [0.2, 0.25) is 0 Å². The second kappa shape index (κ2) is 8.25. The summed E-state index contributed by atoms with van der Waals surface area (Å²) in [7, 11) is 0. The number of H-pyrrole nitrogens is 1. The molecule has 2 aromatic heterocycles. The van der Waals surface area contributed by atoms with Crippen molar-refractivity contribution in [3.8, 4) is 11.3 Å². The molecule has 0 radical (unpaired) electrons. The lowest BCUT2D eigenvalue weighted by Gasteiger charge is -2.07. The summed E-state index contributed by atoms with van der Waals surface area (Å²) < 4.78 is 5.56. The quantitative estimate of drug-likeness (QED) is 0.662. The van der Waals surface area contributed by atoms with Crippen LogP contribution in [-0.2, 0) is 11.3 Å². The zero-order chi connectivity index (χ0) is 18.5. The summed E-state index contributed by atoms with van der Waals surface area (Å²) in [6, 6.07) is 9.94. The first-order chi connectivity index (χ1) is 12.6. The number of aromatic amines is 1. The van der Waals surface area contributed by atoms with Crippen LogP contribution in [0.5, 0.6) is 0 Å². The molecule has 1 aromatic carbocycles. The minimum atomic E-state index is -0.104. The van der Waals surface area contributed by atoms with E-state index in [2.05, 4.69) is 20.5 Å². The van der Waals surface area contributed by atoms with Crippen molar-refractivity contribution in [1.82, 2.24) is 20.5 Å². The number of amides is 1. The molecular weight excluding hydrogens is 348 g/mol. The molecule has 0 aliphatic heterocycles. The number of hydrogen-bond donors (Lipinski definition) is 2. The van der Waals surface area contributed by atoms with Crippen molar-refractivity contribution < 1.29 is 9.53 Å². The average Bonchev–Trinajstić information content (AvgIpc) is 3.30. The van der Waals surface area contributed by atoms with Gasteiger partial charge < -0.3 is 10.1 Å². The second-order valence-electron chi connectivity index (χ2n) is 5.91. The zero-order valence-corrected chi connectivity index (χ0v) is 15.9. The van der Waals surface area contributed by atoms with E-state index in [4.69, 9.17) is 4.74 Å². The maximum absolute atomic E-state index is 12.5. The van der Waals surface area contributed by atoms with Gasteiger partial charge in [-0.05, 0) is 38.0 Å². The van der Waals surface area contributed by atoms with Crippen LogP contribution in [0.15, 0.2) is 36.5 Å². The van der Waals surface area contributed by atoms with E-state index in [0.29, 0.717) is 18.0 Å². The molecule has 0 spiro atoms. The number of aromatic nitrogens is 3. The maximum atomic E-state index is 12.5. The molecule has 136 valence electrons. The molecule has 0 aliphatic rings. The van der Waals surface area contributed by atoms with Gasteiger partial charge in [0.1, 0.15) is 16.0 Å². The lowest BCUT2D eigenvalue weighted by Crippen LogP contribution is -2.22. The van der Waals surface area contributed by atoms with Crippen molar-refractivity contribution >= 4 is 17.2 Å². The summed E-state index contributed by atoms with van der Waals surface area (Å²) in [5.74, 6) is -0.104. The van der Waals surface area contributed by atoms with Crippen LogP contribution >= 0.6 is 11.3 Å². The van der Waals surface area contributed by atoms with Gasteiger partial charge in [-0.2, -0.15) is 5.10 Å². The predicted octanol–water partition coefficient (Wildman–Crippen LogP) is 3.87. The molecule has 0 aliphatic carbocycles. The second-order valence-corrected chi connectivity index (χ2v) is 6.94. The molecule has 2 heterocycles. The first-order valence-corrected chi connectivity index (χ1v) is 9.36. The van der Waals surface area contributed by atoms with E-state index in [1.54, 1.807) is 6.20 Å². The normalized spacial score (nSPS) is 12.1. The Morgan fingerprint density at radius 1 is 1.31 bits per heavy atom. The molecule has 0 saturated carbocycles. The van der Waals surface area contributed by atoms with Crippen LogP contribution in [0.25, 0.3) is 11.3 Å². The first-order valence-electron chi connectivity index (χ1n) is 8.54. The number of hydrogen-bond acceptors (Lipinski definition) is 5. The third-order valence-corrected chi connectivity index (χ3v) is 5.32. The van der Waals surface area contributed by atoms with Crippen molar-refractivity contribution in [3.05, 3.63) is 57.7 Å². The number of nitrogens with one attached hydrogen (secondary N) is 2. The summed E-state index contributed by atoms with van der Waals surface area (Å²) in [6.07, 6.45) is 1.63. The van der Waals surface area contributed by atoms with E-state index in [-0.39, 0.29) is 12.0 Å². The summed E-state index contributed by atoms with van der Waals surface area (Å²) in [6.45, 7) is 6.84. The van der Waals surface area contributed by atoms with Crippen LogP contribution < -0.4 is 5.32 Å². The van der Waals surface area contributed by atoms with Gasteiger partial charge >= 0.3 is 0 Å². The smallest absolute Gasteiger partial charge is 0.263 e. The minimum Gasteiger partial charge on any atom is -0.372 e. The van der Waals surface area contributed by atoms with Gasteiger partial charge in [0.05, 0.1) is 11.4 Å². The van der Waals surface area contributed by atoms with Crippen LogP contribution in [0.4, 0.5) is 0 Å². The fourth-order valence-corrected chi connectivity index (χ4v) is 3.59. The number of aryl methyl sites for hydroxylation is 1. The summed E-state index contributed by atoms with van der Waals surface area (Å²) >= 11 is 1.39. The molecule has 6 nitrogen and oxygen atoms in total. The topological polar surface area (TPSA) is 79.9 Å². The summed E-state index contributed by atoms with van der Waals surface area (Å²) in [5.41, 5.74) is 3.80. The van der Waals surface area contributed by atoms with E-state index >= 15 is 0 Å². The molecule has 2 N–H and O–H groups in total. The van der Waals surface area contributed by atoms with Crippen LogP contribution in [0.2, 0.25) is 0 Å². The number of carbonyl (C=O) groups excluding carboxylic acids is 1. The highest BCUT2D eigenvalue weighted by Gasteiger charge is 2.18. The molecule has 1 atom stereocenters. The Morgan fingerprint density at radius 3 is 2.73 bits per heavy atom. The maximum Gasteiger partial charge on any atom is 0.263 e. The van der Waals surface area contributed by atoms with Crippen molar-refractivity contribution in [2.45, 2.75) is 33.4 Å². The van der Waals surface area contributed by atoms with Gasteiger partial charge in [-0.1, -0.05) is 24.3 Å². The lowest BCUT2D eigenvalue weighted by atomic mass is 10.1. The van der Waals surface area contributed by atoms with Gasteiger partial charge in [0.15, 0.2) is 0 Å². The fourth-order valence-electron chi connectivity index (χ4n) is 2.60. The Labute approximate surface area is 156 Å². The highest BCUT2D eigenvalue weighted by molar-refractivity contribution is 7.13. The third-order valence-electron chi connectivity index (χ3n) is 4.00. The molecule has 0 saturated heterocycles. The molecule has 3 rings (SSSR count). The van der Waals surface area contributed by atoms with Gasteiger partial charge in [-0.25, -0.2) is 4.98 Å². The van der Waals surface area contributed by atoms with Gasteiger partial charge in [0, 0.05) is 19.3 Å². The van der Waals surface area contributed by atoms with Gasteiger partial charge in [-0.15, -0.1) is 11.3 Å². The van der Waals surface area contributed by atoms with Crippen molar-refractivity contribution in [2.75, 3.05) is 6.61 Å². The highest BCUT2D eigenvalue weighted by Crippen LogP contribution is 2.25. The number of thiazole rings is 1. The van der Waals surface area contributed by atoms with Gasteiger partial charge in [-0.3, -0.25) is 9.89 Å². The predicted molar refractivity (Wildman–Crippen MR) is 102 cm³/mol. The minimum absolute atomic E-state index is 0.0970. The number of benzene rings is 1. The summed E-state index contributed by atoms with van der Waals surface area (Å²) in [5, 5.41) is 10.7. The van der Waals surface area contributed by atoms with E-state index in [1.807, 2.05) is 51.1 Å². The van der Waals surface area contributed by atoms with Crippen molar-refractivity contribution in [2.24, 2.45) is 0 Å². The molecule has 3 aromatic rings. The fraction of sp³-hybridized carbons (Fsp3) is 0.316. The molecule has 7 heteroatoms. The van der Waals surface area contributed by atoms with Crippen LogP contribution in [-0.4, -0.2) is 27.7 Å². The monoisotopic (exact) mass is 370 g/mol. The zero-order valence-electron chi connectivity index (χ0n) is 15.1. The summed E-state index contributed by atoms with van der Waals surface area (Å²) in [4.78, 5) is 17.6. The highest BCUT2D eigenvalue weighted by atomic mass is 32.1.